The first-order chi connectivity index (χ1) is 13.2. The van der Waals surface area contributed by atoms with E-state index < -0.39 is 5.79 Å². The molecule has 4 aliphatic carbocycles. The first kappa shape index (κ1) is 19.4. The van der Waals surface area contributed by atoms with Gasteiger partial charge in [-0.25, -0.2) is 0 Å². The first-order valence-electron chi connectivity index (χ1n) is 11.7. The molecule has 4 unspecified atom stereocenters. The van der Waals surface area contributed by atoms with E-state index in [0.717, 1.165) is 18.3 Å². The summed E-state index contributed by atoms with van der Waals surface area (Å²) in [5.41, 5.74) is 7.16. The van der Waals surface area contributed by atoms with Crippen LogP contribution in [0, 0.1) is 52.3 Å². The molecule has 1 aliphatic heterocycles. The van der Waals surface area contributed by atoms with Crippen LogP contribution in [-0.2, 0) is 9.47 Å². The van der Waals surface area contributed by atoms with Gasteiger partial charge in [0, 0.05) is 12.0 Å². The second-order valence-corrected chi connectivity index (χ2v) is 11.6. The van der Waals surface area contributed by atoms with Gasteiger partial charge in [-0.2, -0.15) is 0 Å². The van der Waals surface area contributed by atoms with Gasteiger partial charge in [0.1, 0.15) is 0 Å². The fraction of sp³-hybridized carbons (Fsp3) is 0.920. The van der Waals surface area contributed by atoms with Gasteiger partial charge in [-0.1, -0.05) is 19.8 Å². The summed E-state index contributed by atoms with van der Waals surface area (Å²) >= 11 is 0. The minimum absolute atomic E-state index is 0.214. The molecule has 10 atom stereocenters. The molecule has 28 heavy (non-hydrogen) atoms. The van der Waals surface area contributed by atoms with Crippen molar-refractivity contribution < 1.29 is 9.47 Å². The van der Waals surface area contributed by atoms with Crippen LogP contribution in [0.3, 0.4) is 0 Å². The highest BCUT2D eigenvalue weighted by Crippen LogP contribution is 2.69. The lowest BCUT2D eigenvalue weighted by Crippen LogP contribution is -2.63. The van der Waals surface area contributed by atoms with Crippen LogP contribution in [0.2, 0.25) is 0 Å². The maximum atomic E-state index is 6.70. The van der Waals surface area contributed by atoms with E-state index in [1.54, 1.807) is 0 Å². The molecule has 0 aromatic heterocycles. The SMILES string of the molecule is CC#C[C@H]1CCC2C3C(CC[C@@]21C)[C@@]1(C)CC[C@H](N)CC1[C@H]1OC(C)(C)O[C@H]31. The zero-order chi connectivity index (χ0) is 19.9. The molecule has 0 radical (unpaired) electrons. The molecule has 0 spiro atoms. The summed E-state index contributed by atoms with van der Waals surface area (Å²) in [5, 5.41) is 0. The molecule has 3 heteroatoms. The van der Waals surface area contributed by atoms with Crippen molar-refractivity contribution in [1.29, 1.82) is 0 Å². The van der Waals surface area contributed by atoms with Crippen molar-refractivity contribution >= 4 is 0 Å². The Labute approximate surface area is 171 Å². The summed E-state index contributed by atoms with van der Waals surface area (Å²) in [6.07, 6.45) is 9.21. The van der Waals surface area contributed by atoms with Crippen LogP contribution in [0.1, 0.15) is 79.6 Å². The van der Waals surface area contributed by atoms with Crippen molar-refractivity contribution in [2.24, 2.45) is 46.2 Å². The van der Waals surface area contributed by atoms with Gasteiger partial charge in [0.2, 0.25) is 0 Å². The largest absolute Gasteiger partial charge is 0.344 e. The molecular weight excluding hydrogens is 346 g/mol. The smallest absolute Gasteiger partial charge is 0.163 e. The fourth-order valence-corrected chi connectivity index (χ4v) is 8.62. The van der Waals surface area contributed by atoms with Crippen LogP contribution in [-0.4, -0.2) is 24.0 Å². The maximum absolute atomic E-state index is 6.70. The topological polar surface area (TPSA) is 44.5 Å². The van der Waals surface area contributed by atoms with Crippen LogP contribution in [0.15, 0.2) is 0 Å². The Morgan fingerprint density at radius 3 is 2.25 bits per heavy atom. The monoisotopic (exact) mass is 385 g/mol. The summed E-state index contributed by atoms with van der Waals surface area (Å²) in [4.78, 5) is 0. The van der Waals surface area contributed by atoms with Gasteiger partial charge < -0.3 is 15.2 Å². The standard InChI is InChI=1S/C25H39NO2/c1-6-7-15-8-9-17-20-18(11-13-24(15,17)4)25(5)12-10-16(26)14-19(25)21-22(20)28-23(2,3)27-21/h15-22H,8-14,26H2,1-5H3/t15-,16-,17?,18?,19?,20?,21+,22+,24+,25+/m0/s1. The Bertz CT molecular complexity index is 707. The van der Waals surface area contributed by atoms with E-state index >= 15 is 0 Å². The number of hydrogen-bond donors (Lipinski definition) is 1. The van der Waals surface area contributed by atoms with Crippen LogP contribution < -0.4 is 5.73 Å². The highest BCUT2D eigenvalue weighted by Gasteiger charge is 2.68. The van der Waals surface area contributed by atoms with E-state index in [4.69, 9.17) is 15.2 Å². The van der Waals surface area contributed by atoms with Crippen molar-refractivity contribution in [3.63, 3.8) is 0 Å². The Morgan fingerprint density at radius 2 is 1.50 bits per heavy atom. The van der Waals surface area contributed by atoms with Gasteiger partial charge in [-0.3, -0.25) is 0 Å². The predicted octanol–water partition coefficient (Wildman–Crippen LogP) is 4.74. The zero-order valence-corrected chi connectivity index (χ0v) is 18.5. The zero-order valence-electron chi connectivity index (χ0n) is 18.5. The van der Waals surface area contributed by atoms with Gasteiger partial charge in [0.25, 0.3) is 0 Å². The van der Waals surface area contributed by atoms with Crippen molar-refractivity contribution in [2.75, 3.05) is 0 Å². The van der Waals surface area contributed by atoms with Gasteiger partial charge in [-0.15, -0.1) is 5.92 Å². The van der Waals surface area contributed by atoms with E-state index in [1.165, 1.54) is 38.5 Å². The number of nitrogens with two attached hydrogens (primary N) is 1. The van der Waals surface area contributed by atoms with Gasteiger partial charge in [-0.05, 0) is 100 Å². The van der Waals surface area contributed by atoms with E-state index in [1.807, 2.05) is 6.92 Å². The Kier molecular flexibility index (Phi) is 4.31. The van der Waals surface area contributed by atoms with E-state index in [0.29, 0.717) is 34.6 Å². The second-order valence-electron chi connectivity index (χ2n) is 11.6. The summed E-state index contributed by atoms with van der Waals surface area (Å²) in [7, 11) is 0. The molecule has 0 aromatic rings. The molecule has 5 rings (SSSR count). The van der Waals surface area contributed by atoms with Gasteiger partial charge >= 0.3 is 0 Å². The molecule has 1 heterocycles. The molecule has 3 nitrogen and oxygen atoms in total. The van der Waals surface area contributed by atoms with Crippen LogP contribution >= 0.6 is 0 Å². The summed E-state index contributed by atoms with van der Waals surface area (Å²) in [5.74, 6) is 9.54. The average Bonchev–Trinajstić information content (AvgIpc) is 3.13. The highest BCUT2D eigenvalue weighted by molar-refractivity contribution is 5.19. The molecule has 4 saturated carbocycles. The normalized spacial score (nSPS) is 56.6. The number of ether oxygens (including phenoxy) is 2. The number of rotatable bonds is 0. The van der Waals surface area contributed by atoms with Crippen molar-refractivity contribution in [1.82, 2.24) is 0 Å². The quantitative estimate of drug-likeness (QED) is 0.613. The van der Waals surface area contributed by atoms with Gasteiger partial charge in [0.15, 0.2) is 5.79 Å². The van der Waals surface area contributed by atoms with Crippen LogP contribution in [0.5, 0.6) is 0 Å². The first-order valence-corrected chi connectivity index (χ1v) is 11.7. The fourth-order valence-electron chi connectivity index (χ4n) is 8.62. The molecule has 0 bridgehead atoms. The summed E-state index contributed by atoms with van der Waals surface area (Å²) in [6, 6.07) is 0.326. The highest BCUT2D eigenvalue weighted by atomic mass is 16.8. The van der Waals surface area contributed by atoms with E-state index in [9.17, 15) is 0 Å². The summed E-state index contributed by atoms with van der Waals surface area (Å²) < 4.78 is 13.3. The van der Waals surface area contributed by atoms with Crippen LogP contribution in [0.4, 0.5) is 0 Å². The summed E-state index contributed by atoms with van der Waals surface area (Å²) in [6.45, 7) is 11.3. The molecule has 5 aliphatic rings. The molecule has 156 valence electrons. The molecule has 1 saturated heterocycles. The minimum atomic E-state index is -0.470. The van der Waals surface area contributed by atoms with Gasteiger partial charge in [0.05, 0.1) is 12.2 Å². The lowest BCUT2D eigenvalue weighted by molar-refractivity contribution is -0.178. The maximum Gasteiger partial charge on any atom is 0.163 e. The Hall–Kier alpha value is -0.560. The van der Waals surface area contributed by atoms with E-state index in [2.05, 4.69) is 39.5 Å². The van der Waals surface area contributed by atoms with Crippen LogP contribution in [0.25, 0.3) is 0 Å². The minimum Gasteiger partial charge on any atom is -0.344 e. The Balaban J connectivity index is 1.57. The number of fused-ring (bicyclic) bond motifs is 8. The third-order valence-electron chi connectivity index (χ3n) is 9.90. The third-order valence-corrected chi connectivity index (χ3v) is 9.90. The Morgan fingerprint density at radius 1 is 0.821 bits per heavy atom. The average molecular weight is 386 g/mol. The molecule has 5 fully saturated rings. The van der Waals surface area contributed by atoms with E-state index in [-0.39, 0.29) is 12.2 Å². The third kappa shape index (κ3) is 2.53. The van der Waals surface area contributed by atoms with Crippen molar-refractivity contribution in [3.8, 4) is 11.8 Å². The molecule has 0 amide bonds. The molecule has 2 N–H and O–H groups in total. The van der Waals surface area contributed by atoms with Crippen molar-refractivity contribution in [3.05, 3.63) is 0 Å². The molecular formula is C25H39NO2. The molecule has 0 aromatic carbocycles. The van der Waals surface area contributed by atoms with Crippen molar-refractivity contribution in [2.45, 2.75) is 104 Å². The second kappa shape index (κ2) is 6.22. The number of hydrogen-bond acceptors (Lipinski definition) is 3. The lowest BCUT2D eigenvalue weighted by Gasteiger charge is -2.63. The lowest BCUT2D eigenvalue weighted by atomic mass is 9.43. The predicted molar refractivity (Wildman–Crippen MR) is 111 cm³/mol.